The maximum Gasteiger partial charge on any atom is 0.331 e. The van der Waals surface area contributed by atoms with Crippen molar-refractivity contribution in [3.05, 3.63) is 23.8 Å². The number of hydrogen-bond donors (Lipinski definition) is 0. The second kappa shape index (κ2) is 10.6. The van der Waals surface area contributed by atoms with Crippen molar-refractivity contribution in [3.8, 4) is 0 Å². The van der Waals surface area contributed by atoms with Crippen LogP contribution in [0, 0.1) is 5.92 Å². The van der Waals surface area contributed by atoms with E-state index in [0.717, 1.165) is 18.4 Å². The Bertz CT molecular complexity index is 378. The lowest BCUT2D eigenvalue weighted by Crippen LogP contribution is -2.22. The van der Waals surface area contributed by atoms with Crippen molar-refractivity contribution >= 4 is 5.97 Å². The second-order valence-corrected chi connectivity index (χ2v) is 6.97. The summed E-state index contributed by atoms with van der Waals surface area (Å²) >= 11 is 0. The molecule has 1 atom stereocenters. The Balaban J connectivity index is 4.05. The summed E-state index contributed by atoms with van der Waals surface area (Å²) in [5, 5.41) is 0. The molecule has 0 bridgehead atoms. The van der Waals surface area contributed by atoms with Gasteiger partial charge >= 0.3 is 5.97 Å². The van der Waals surface area contributed by atoms with Gasteiger partial charge in [-0.15, -0.1) is 0 Å². The molecule has 3 heteroatoms. The van der Waals surface area contributed by atoms with Gasteiger partial charge in [0.2, 0.25) is 0 Å². The maximum atomic E-state index is 11.5. The topological polar surface area (TPSA) is 35.5 Å². The van der Waals surface area contributed by atoms with Gasteiger partial charge in [-0.2, -0.15) is 0 Å². The Morgan fingerprint density at radius 2 is 1.86 bits per heavy atom. The molecule has 0 heterocycles. The van der Waals surface area contributed by atoms with Gasteiger partial charge in [0.25, 0.3) is 0 Å². The van der Waals surface area contributed by atoms with Crippen molar-refractivity contribution in [2.45, 2.75) is 78.9 Å². The van der Waals surface area contributed by atoms with Crippen LogP contribution in [-0.2, 0) is 14.3 Å². The summed E-state index contributed by atoms with van der Waals surface area (Å²) in [6.45, 7) is 12.1. The number of allylic oxidation sites excluding steroid dienone is 3. The Hall–Kier alpha value is -1.09. The Morgan fingerprint density at radius 3 is 2.41 bits per heavy atom. The van der Waals surface area contributed by atoms with E-state index >= 15 is 0 Å². The van der Waals surface area contributed by atoms with Crippen LogP contribution in [0.25, 0.3) is 0 Å². The molecule has 0 aliphatic carbocycles. The number of hydrogen-bond acceptors (Lipinski definition) is 3. The summed E-state index contributed by atoms with van der Waals surface area (Å²) in [6.07, 6.45) is 10.1. The first kappa shape index (κ1) is 20.9. The number of carbonyl (C=O) groups is 1. The number of esters is 1. The highest BCUT2D eigenvalue weighted by Crippen LogP contribution is 2.20. The third kappa shape index (κ3) is 11.6. The van der Waals surface area contributed by atoms with Gasteiger partial charge in [0.1, 0.15) is 0 Å². The van der Waals surface area contributed by atoms with Crippen LogP contribution in [0.15, 0.2) is 23.8 Å². The van der Waals surface area contributed by atoms with Crippen molar-refractivity contribution in [2.75, 3.05) is 7.11 Å². The fourth-order valence-corrected chi connectivity index (χ4v) is 2.08. The minimum Gasteiger partial charge on any atom is -0.460 e. The zero-order valence-corrected chi connectivity index (χ0v) is 15.4. The zero-order chi connectivity index (χ0) is 17.2. The predicted molar refractivity (Wildman–Crippen MR) is 92.8 cm³/mol. The van der Waals surface area contributed by atoms with Gasteiger partial charge in [0, 0.05) is 13.2 Å². The van der Waals surface area contributed by atoms with E-state index in [-0.39, 0.29) is 17.7 Å². The molecule has 3 nitrogen and oxygen atoms in total. The smallest absolute Gasteiger partial charge is 0.331 e. The summed E-state index contributed by atoms with van der Waals surface area (Å²) in [4.78, 5) is 11.5. The van der Waals surface area contributed by atoms with Crippen LogP contribution in [0.5, 0.6) is 0 Å². The van der Waals surface area contributed by atoms with Gasteiger partial charge in [-0.25, -0.2) is 4.79 Å². The second-order valence-electron chi connectivity index (χ2n) is 6.97. The lowest BCUT2D eigenvalue weighted by Gasteiger charge is -2.23. The molecule has 22 heavy (non-hydrogen) atoms. The lowest BCUT2D eigenvalue weighted by atomic mass is 9.95. The number of methoxy groups -OCH3 is 1. The highest BCUT2D eigenvalue weighted by molar-refractivity contribution is 5.83. The summed E-state index contributed by atoms with van der Waals surface area (Å²) < 4.78 is 10.5. The van der Waals surface area contributed by atoms with Crippen LogP contribution >= 0.6 is 0 Å². The largest absolute Gasteiger partial charge is 0.460 e. The summed E-state index contributed by atoms with van der Waals surface area (Å²) in [5.74, 6) is 0.367. The minimum atomic E-state index is -0.271. The van der Waals surface area contributed by atoms with Crippen LogP contribution in [0.4, 0.5) is 0 Å². The van der Waals surface area contributed by atoms with E-state index in [1.165, 1.54) is 12.8 Å². The molecular weight excluding hydrogens is 276 g/mol. The third-order valence-electron chi connectivity index (χ3n) is 3.64. The van der Waals surface area contributed by atoms with Crippen LogP contribution in [0.3, 0.4) is 0 Å². The molecule has 0 amide bonds. The highest BCUT2D eigenvalue weighted by atomic mass is 16.5. The van der Waals surface area contributed by atoms with E-state index in [9.17, 15) is 4.79 Å². The SMILES string of the molecule is COC(C)(C)CCC[C@H](C)C/C=C\C(C)=C\C(=O)OC(C)C. The van der Waals surface area contributed by atoms with Crippen LogP contribution in [0.1, 0.15) is 67.2 Å². The molecule has 0 spiro atoms. The van der Waals surface area contributed by atoms with E-state index in [1.54, 1.807) is 13.2 Å². The number of carbonyl (C=O) groups excluding carboxylic acids is 1. The van der Waals surface area contributed by atoms with Gasteiger partial charge in [-0.05, 0) is 59.0 Å². The average Bonchev–Trinajstić information content (AvgIpc) is 2.37. The van der Waals surface area contributed by atoms with E-state index in [2.05, 4.69) is 26.8 Å². The number of rotatable bonds is 10. The molecule has 0 unspecified atom stereocenters. The molecular formula is C19H34O3. The first-order chi connectivity index (χ1) is 10.2. The van der Waals surface area contributed by atoms with Gasteiger partial charge in [0.05, 0.1) is 11.7 Å². The van der Waals surface area contributed by atoms with Crippen molar-refractivity contribution in [1.82, 2.24) is 0 Å². The molecule has 128 valence electrons. The van der Waals surface area contributed by atoms with Crippen molar-refractivity contribution in [1.29, 1.82) is 0 Å². The standard InChI is InChI=1S/C19H34O3/c1-15(2)22-18(20)14-17(4)11-8-10-16(3)12-9-13-19(5,6)21-7/h8,11,14-16H,9-10,12-13H2,1-7H3/b11-8-,17-14+/t16-/m1/s1. The van der Waals surface area contributed by atoms with E-state index in [1.807, 2.05) is 26.8 Å². The van der Waals surface area contributed by atoms with Gasteiger partial charge in [-0.1, -0.05) is 31.9 Å². The highest BCUT2D eigenvalue weighted by Gasteiger charge is 2.15. The Morgan fingerprint density at radius 1 is 1.23 bits per heavy atom. The van der Waals surface area contributed by atoms with Crippen LogP contribution < -0.4 is 0 Å². The molecule has 0 aliphatic heterocycles. The maximum absolute atomic E-state index is 11.5. The van der Waals surface area contributed by atoms with Gasteiger partial charge in [0.15, 0.2) is 0 Å². The molecule has 0 aromatic heterocycles. The molecule has 0 rings (SSSR count). The molecule has 0 N–H and O–H groups in total. The van der Waals surface area contributed by atoms with Gasteiger partial charge < -0.3 is 9.47 Å². The Kier molecular flexibility index (Phi) is 10.1. The Labute approximate surface area is 136 Å². The first-order valence-electron chi connectivity index (χ1n) is 8.27. The van der Waals surface area contributed by atoms with Crippen LogP contribution in [0.2, 0.25) is 0 Å². The normalized spacial score (nSPS) is 14.6. The molecule has 0 aromatic rings. The lowest BCUT2D eigenvalue weighted by molar-refractivity contribution is -0.141. The molecule has 0 radical (unpaired) electrons. The quantitative estimate of drug-likeness (QED) is 0.321. The molecule has 0 saturated heterocycles. The average molecular weight is 310 g/mol. The summed E-state index contributed by atoms with van der Waals surface area (Å²) in [5.41, 5.74) is 0.907. The predicted octanol–water partition coefficient (Wildman–Crippen LogP) is 5.06. The van der Waals surface area contributed by atoms with E-state index in [0.29, 0.717) is 5.92 Å². The van der Waals surface area contributed by atoms with Crippen LogP contribution in [-0.4, -0.2) is 24.8 Å². The van der Waals surface area contributed by atoms with E-state index < -0.39 is 0 Å². The molecule has 0 saturated carbocycles. The fourth-order valence-electron chi connectivity index (χ4n) is 2.08. The number of ether oxygens (including phenoxy) is 2. The van der Waals surface area contributed by atoms with Gasteiger partial charge in [-0.3, -0.25) is 0 Å². The van der Waals surface area contributed by atoms with Crippen molar-refractivity contribution in [3.63, 3.8) is 0 Å². The fraction of sp³-hybridized carbons (Fsp3) is 0.737. The van der Waals surface area contributed by atoms with Crippen molar-refractivity contribution in [2.24, 2.45) is 5.92 Å². The molecule has 0 aliphatic rings. The monoisotopic (exact) mass is 310 g/mol. The zero-order valence-electron chi connectivity index (χ0n) is 15.4. The summed E-state index contributed by atoms with van der Waals surface area (Å²) in [7, 11) is 1.77. The van der Waals surface area contributed by atoms with Crippen molar-refractivity contribution < 1.29 is 14.3 Å². The molecule has 0 fully saturated rings. The minimum absolute atomic E-state index is 0.0222. The first-order valence-corrected chi connectivity index (χ1v) is 8.27. The third-order valence-corrected chi connectivity index (χ3v) is 3.64. The summed E-state index contributed by atoms with van der Waals surface area (Å²) in [6, 6.07) is 0. The molecule has 0 aromatic carbocycles. The van der Waals surface area contributed by atoms with E-state index in [4.69, 9.17) is 9.47 Å².